The Labute approximate surface area is 90.6 Å². The van der Waals surface area contributed by atoms with Crippen molar-refractivity contribution in [1.82, 2.24) is 15.3 Å². The molecule has 0 saturated carbocycles. The number of aromatic nitrogens is 2. The van der Waals surface area contributed by atoms with E-state index in [-0.39, 0.29) is 24.9 Å². The SMILES string of the molecule is NNc1ncc(F)c(NCCNC(N)=O)n1. The Morgan fingerprint density at radius 3 is 2.88 bits per heavy atom. The van der Waals surface area contributed by atoms with Gasteiger partial charge in [-0.05, 0) is 0 Å². The lowest BCUT2D eigenvalue weighted by atomic mass is 10.5. The Morgan fingerprint density at radius 1 is 1.50 bits per heavy atom. The van der Waals surface area contributed by atoms with Gasteiger partial charge >= 0.3 is 6.03 Å². The number of nitrogens with zero attached hydrogens (tertiary/aromatic N) is 2. The van der Waals surface area contributed by atoms with E-state index in [0.717, 1.165) is 6.20 Å². The number of halogens is 1. The lowest BCUT2D eigenvalue weighted by molar-refractivity contribution is 0.249. The van der Waals surface area contributed by atoms with Crippen molar-refractivity contribution in [1.29, 1.82) is 0 Å². The van der Waals surface area contributed by atoms with Crippen LogP contribution in [0.15, 0.2) is 6.20 Å². The molecule has 0 aliphatic carbocycles. The third-order valence-corrected chi connectivity index (χ3v) is 1.59. The number of anilines is 2. The van der Waals surface area contributed by atoms with Crippen LogP contribution in [0.25, 0.3) is 0 Å². The second-order valence-corrected chi connectivity index (χ2v) is 2.75. The van der Waals surface area contributed by atoms with Gasteiger partial charge < -0.3 is 16.4 Å². The summed E-state index contributed by atoms with van der Waals surface area (Å²) in [4.78, 5) is 17.6. The van der Waals surface area contributed by atoms with Gasteiger partial charge in [0.15, 0.2) is 11.6 Å². The maximum absolute atomic E-state index is 13.1. The minimum absolute atomic E-state index is 0.00535. The van der Waals surface area contributed by atoms with Crippen molar-refractivity contribution in [2.24, 2.45) is 11.6 Å². The Balaban J connectivity index is 2.49. The molecular weight excluding hydrogens is 217 g/mol. The Kier molecular flexibility index (Phi) is 4.21. The number of urea groups is 1. The number of nitrogens with one attached hydrogen (secondary N) is 3. The number of primary amides is 1. The average molecular weight is 229 g/mol. The second-order valence-electron chi connectivity index (χ2n) is 2.75. The predicted octanol–water partition coefficient (Wildman–Crippen LogP) is -1.02. The standard InChI is InChI=1S/C7H12FN7O/c8-4-3-13-7(15-10)14-5(4)11-1-2-12-6(9)16/h3H,1-2,10H2,(H3,9,12,16)(H2,11,13,14,15). The van der Waals surface area contributed by atoms with Crippen molar-refractivity contribution in [2.45, 2.75) is 0 Å². The number of rotatable bonds is 5. The fourth-order valence-electron chi connectivity index (χ4n) is 0.927. The summed E-state index contributed by atoms with van der Waals surface area (Å²) in [5.74, 6) is 4.54. The van der Waals surface area contributed by atoms with Crippen molar-refractivity contribution in [3.05, 3.63) is 12.0 Å². The number of hydrazine groups is 1. The van der Waals surface area contributed by atoms with Gasteiger partial charge in [-0.2, -0.15) is 4.98 Å². The smallest absolute Gasteiger partial charge is 0.312 e. The number of nitrogens with two attached hydrogens (primary N) is 2. The van der Waals surface area contributed by atoms with E-state index in [9.17, 15) is 9.18 Å². The van der Waals surface area contributed by atoms with Crippen molar-refractivity contribution >= 4 is 17.8 Å². The van der Waals surface area contributed by atoms with Crippen molar-refractivity contribution in [2.75, 3.05) is 23.8 Å². The highest BCUT2D eigenvalue weighted by molar-refractivity contribution is 5.71. The summed E-state index contributed by atoms with van der Waals surface area (Å²) in [5, 5.41) is 4.99. The summed E-state index contributed by atoms with van der Waals surface area (Å²) in [6, 6.07) is -0.644. The van der Waals surface area contributed by atoms with Crippen LogP contribution >= 0.6 is 0 Å². The minimum atomic E-state index is -0.644. The Hall–Kier alpha value is -2.16. The van der Waals surface area contributed by atoms with Gasteiger partial charge in [-0.1, -0.05) is 0 Å². The Bertz CT molecular complexity index is 372. The second kappa shape index (κ2) is 5.66. The normalized spacial score (nSPS) is 9.62. The van der Waals surface area contributed by atoms with Gasteiger partial charge in [0.2, 0.25) is 5.95 Å². The molecule has 0 spiro atoms. The van der Waals surface area contributed by atoms with Crippen LogP contribution < -0.4 is 27.6 Å². The van der Waals surface area contributed by atoms with E-state index in [1.807, 2.05) is 0 Å². The van der Waals surface area contributed by atoms with Gasteiger partial charge in [0, 0.05) is 13.1 Å². The molecule has 0 unspecified atom stereocenters. The van der Waals surface area contributed by atoms with E-state index < -0.39 is 11.8 Å². The molecule has 7 N–H and O–H groups in total. The maximum Gasteiger partial charge on any atom is 0.312 e. The number of hydrogen-bond acceptors (Lipinski definition) is 6. The number of carbonyl (C=O) groups excluding carboxylic acids is 1. The first kappa shape index (κ1) is 11.9. The third-order valence-electron chi connectivity index (χ3n) is 1.59. The summed E-state index contributed by atoms with van der Waals surface area (Å²) in [6.45, 7) is 0.533. The van der Waals surface area contributed by atoms with Crippen LogP contribution in [0.1, 0.15) is 0 Å². The molecule has 1 aromatic rings. The number of hydrogen-bond donors (Lipinski definition) is 5. The van der Waals surface area contributed by atoms with Gasteiger partial charge in [-0.15, -0.1) is 0 Å². The van der Waals surface area contributed by atoms with E-state index in [2.05, 4.69) is 26.0 Å². The topological polar surface area (TPSA) is 131 Å². The van der Waals surface area contributed by atoms with Gasteiger partial charge in [-0.3, -0.25) is 5.43 Å². The lowest BCUT2D eigenvalue weighted by Gasteiger charge is -2.07. The quantitative estimate of drug-likeness (QED) is 0.249. The highest BCUT2D eigenvalue weighted by Crippen LogP contribution is 2.10. The first-order chi connectivity index (χ1) is 7.63. The number of nitrogen functional groups attached to an aromatic ring is 1. The molecule has 0 saturated heterocycles. The summed E-state index contributed by atoms with van der Waals surface area (Å²) < 4.78 is 13.1. The molecule has 9 heteroatoms. The monoisotopic (exact) mass is 229 g/mol. The summed E-state index contributed by atoms with van der Waals surface area (Å²) in [5.41, 5.74) is 7.03. The fourth-order valence-corrected chi connectivity index (χ4v) is 0.927. The largest absolute Gasteiger partial charge is 0.366 e. The zero-order chi connectivity index (χ0) is 12.0. The fraction of sp³-hybridized carbons (Fsp3) is 0.286. The zero-order valence-electron chi connectivity index (χ0n) is 8.33. The third kappa shape index (κ3) is 3.53. The molecule has 1 rings (SSSR count). The molecule has 0 aliphatic rings. The molecule has 0 fully saturated rings. The number of amides is 2. The van der Waals surface area contributed by atoms with Crippen LogP contribution in [0.4, 0.5) is 21.0 Å². The predicted molar refractivity (Wildman–Crippen MR) is 55.9 cm³/mol. The highest BCUT2D eigenvalue weighted by atomic mass is 19.1. The Morgan fingerprint density at radius 2 is 2.25 bits per heavy atom. The molecule has 0 aliphatic heterocycles. The molecule has 16 heavy (non-hydrogen) atoms. The van der Waals surface area contributed by atoms with E-state index in [1.54, 1.807) is 0 Å². The molecule has 2 amide bonds. The molecule has 0 atom stereocenters. The van der Waals surface area contributed by atoms with Crippen molar-refractivity contribution in [3.8, 4) is 0 Å². The summed E-state index contributed by atoms with van der Waals surface area (Å²) in [6.07, 6.45) is 0.978. The molecule has 0 aromatic carbocycles. The van der Waals surface area contributed by atoms with Gasteiger partial charge in [0.1, 0.15) is 0 Å². The van der Waals surface area contributed by atoms with Gasteiger partial charge in [-0.25, -0.2) is 20.0 Å². The van der Waals surface area contributed by atoms with Crippen LogP contribution in [-0.2, 0) is 0 Å². The minimum Gasteiger partial charge on any atom is -0.366 e. The van der Waals surface area contributed by atoms with E-state index in [1.165, 1.54) is 0 Å². The van der Waals surface area contributed by atoms with Crippen LogP contribution in [0.5, 0.6) is 0 Å². The molecule has 88 valence electrons. The van der Waals surface area contributed by atoms with E-state index in [0.29, 0.717) is 0 Å². The van der Waals surface area contributed by atoms with E-state index in [4.69, 9.17) is 11.6 Å². The number of carbonyl (C=O) groups is 1. The van der Waals surface area contributed by atoms with Gasteiger partial charge in [0.25, 0.3) is 0 Å². The highest BCUT2D eigenvalue weighted by Gasteiger charge is 2.05. The van der Waals surface area contributed by atoms with Crippen LogP contribution in [0.3, 0.4) is 0 Å². The van der Waals surface area contributed by atoms with E-state index >= 15 is 0 Å². The molecule has 1 heterocycles. The molecule has 8 nitrogen and oxygen atoms in total. The molecular formula is C7H12FN7O. The lowest BCUT2D eigenvalue weighted by Crippen LogP contribution is -2.33. The van der Waals surface area contributed by atoms with Crippen LogP contribution in [-0.4, -0.2) is 29.1 Å². The van der Waals surface area contributed by atoms with Crippen LogP contribution in [0.2, 0.25) is 0 Å². The van der Waals surface area contributed by atoms with Crippen molar-refractivity contribution in [3.63, 3.8) is 0 Å². The van der Waals surface area contributed by atoms with Crippen molar-refractivity contribution < 1.29 is 9.18 Å². The van der Waals surface area contributed by atoms with Crippen LogP contribution in [0, 0.1) is 5.82 Å². The average Bonchev–Trinajstić information content (AvgIpc) is 2.26. The molecule has 0 bridgehead atoms. The molecule has 0 radical (unpaired) electrons. The summed E-state index contributed by atoms with van der Waals surface area (Å²) >= 11 is 0. The molecule has 1 aromatic heterocycles. The zero-order valence-corrected chi connectivity index (χ0v) is 8.33. The first-order valence-corrected chi connectivity index (χ1v) is 4.40. The van der Waals surface area contributed by atoms with Gasteiger partial charge in [0.05, 0.1) is 6.20 Å². The maximum atomic E-state index is 13.1. The summed E-state index contributed by atoms with van der Waals surface area (Å²) in [7, 11) is 0. The first-order valence-electron chi connectivity index (χ1n) is 4.40.